The molecule has 1 aliphatic heterocycles. The van der Waals surface area contributed by atoms with Crippen LogP contribution in [-0.2, 0) is 6.42 Å². The van der Waals surface area contributed by atoms with Gasteiger partial charge >= 0.3 is 0 Å². The molecule has 0 spiro atoms. The molecule has 2 heterocycles. The summed E-state index contributed by atoms with van der Waals surface area (Å²) in [6.45, 7) is 0.671. The van der Waals surface area contributed by atoms with E-state index < -0.39 is 6.10 Å². The van der Waals surface area contributed by atoms with Crippen molar-refractivity contribution in [2.45, 2.75) is 12.5 Å². The minimum atomic E-state index is -0.819. The predicted molar refractivity (Wildman–Crippen MR) is 73.8 cm³/mol. The summed E-state index contributed by atoms with van der Waals surface area (Å²) in [5, 5.41) is 10.4. The van der Waals surface area contributed by atoms with E-state index in [2.05, 4.69) is 31.9 Å². The van der Waals surface area contributed by atoms with Crippen LogP contribution in [0, 0.1) is 0 Å². The van der Waals surface area contributed by atoms with Gasteiger partial charge in [-0.2, -0.15) is 0 Å². The molecule has 0 bridgehead atoms. The Labute approximate surface area is 121 Å². The van der Waals surface area contributed by atoms with Crippen LogP contribution < -0.4 is 4.74 Å². The molecule has 2 aromatic rings. The molecule has 5 heteroatoms. The molecule has 0 aliphatic carbocycles. The van der Waals surface area contributed by atoms with E-state index in [9.17, 15) is 5.11 Å². The smallest absolute Gasteiger partial charge is 0.183 e. The lowest BCUT2D eigenvalue weighted by atomic mass is 10.0. The van der Waals surface area contributed by atoms with Crippen molar-refractivity contribution in [3.63, 3.8) is 0 Å². The molecule has 3 rings (SSSR count). The number of fused-ring (bicyclic) bond motifs is 1. The molecule has 0 amide bonds. The first-order valence-corrected chi connectivity index (χ1v) is 7.13. The van der Waals surface area contributed by atoms with E-state index in [0.29, 0.717) is 17.0 Å². The summed E-state index contributed by atoms with van der Waals surface area (Å²) in [7, 11) is 0. The second-order valence-electron chi connectivity index (χ2n) is 4.11. The van der Waals surface area contributed by atoms with Crippen molar-refractivity contribution >= 4 is 31.9 Å². The maximum absolute atomic E-state index is 10.4. The zero-order valence-electron chi connectivity index (χ0n) is 9.32. The lowest BCUT2D eigenvalue weighted by Crippen LogP contribution is -2.00. The largest absolute Gasteiger partial charge is 0.493 e. The van der Waals surface area contributed by atoms with Gasteiger partial charge in [0.05, 0.1) is 11.1 Å². The molecule has 0 fully saturated rings. The van der Waals surface area contributed by atoms with Gasteiger partial charge in [-0.25, -0.2) is 0 Å². The highest BCUT2D eigenvalue weighted by molar-refractivity contribution is 9.13. The highest BCUT2D eigenvalue weighted by Gasteiger charge is 2.24. The number of furan rings is 1. The van der Waals surface area contributed by atoms with Gasteiger partial charge in [-0.05, 0) is 43.5 Å². The number of rotatable bonds is 2. The van der Waals surface area contributed by atoms with Crippen molar-refractivity contribution in [2.24, 2.45) is 0 Å². The Bertz CT molecular complexity index is 572. The lowest BCUT2D eigenvalue weighted by Gasteiger charge is -2.12. The van der Waals surface area contributed by atoms with E-state index in [4.69, 9.17) is 9.15 Å². The molecule has 1 N–H and O–H groups in total. The monoisotopic (exact) mass is 372 g/mol. The normalized spacial score (nSPS) is 15.3. The van der Waals surface area contributed by atoms with Gasteiger partial charge in [0.15, 0.2) is 4.67 Å². The summed E-state index contributed by atoms with van der Waals surface area (Å²) in [6, 6.07) is 7.56. The molecule has 0 radical (unpaired) electrons. The van der Waals surface area contributed by atoms with Crippen LogP contribution in [0.25, 0.3) is 0 Å². The Morgan fingerprint density at radius 2 is 2.11 bits per heavy atom. The van der Waals surface area contributed by atoms with Crippen molar-refractivity contribution in [1.29, 1.82) is 0 Å². The number of para-hydroxylation sites is 1. The quantitative estimate of drug-likeness (QED) is 0.870. The fourth-order valence-electron chi connectivity index (χ4n) is 2.11. The first-order valence-electron chi connectivity index (χ1n) is 5.54. The molecule has 1 unspecified atom stereocenters. The molecular weight excluding hydrogens is 364 g/mol. The lowest BCUT2D eigenvalue weighted by molar-refractivity contribution is 0.183. The van der Waals surface area contributed by atoms with E-state index in [1.165, 1.54) is 0 Å². The van der Waals surface area contributed by atoms with Gasteiger partial charge in [0, 0.05) is 12.0 Å². The van der Waals surface area contributed by atoms with Crippen LogP contribution in [0.15, 0.2) is 37.8 Å². The summed E-state index contributed by atoms with van der Waals surface area (Å²) in [6.07, 6.45) is 0.0715. The van der Waals surface area contributed by atoms with Crippen molar-refractivity contribution in [3.05, 3.63) is 50.3 Å². The van der Waals surface area contributed by atoms with E-state index >= 15 is 0 Å². The topological polar surface area (TPSA) is 42.6 Å². The third-order valence-corrected chi connectivity index (χ3v) is 4.68. The summed E-state index contributed by atoms with van der Waals surface area (Å²) >= 11 is 6.60. The number of hydrogen-bond acceptors (Lipinski definition) is 3. The second-order valence-corrected chi connectivity index (χ2v) is 5.68. The van der Waals surface area contributed by atoms with Crippen LogP contribution in [0.3, 0.4) is 0 Å². The van der Waals surface area contributed by atoms with Crippen molar-refractivity contribution in [1.82, 2.24) is 0 Å². The number of benzene rings is 1. The van der Waals surface area contributed by atoms with Gasteiger partial charge in [-0.1, -0.05) is 18.2 Å². The van der Waals surface area contributed by atoms with Gasteiger partial charge in [-0.3, -0.25) is 0 Å². The molecule has 1 atom stereocenters. The van der Waals surface area contributed by atoms with Crippen molar-refractivity contribution in [3.8, 4) is 5.75 Å². The van der Waals surface area contributed by atoms with Crippen LogP contribution in [0.1, 0.15) is 23.0 Å². The second kappa shape index (κ2) is 4.72. The Hall–Kier alpha value is -0.780. The zero-order valence-corrected chi connectivity index (χ0v) is 12.5. The Kier molecular flexibility index (Phi) is 3.21. The van der Waals surface area contributed by atoms with Crippen LogP contribution in [-0.4, -0.2) is 11.7 Å². The molecule has 1 aliphatic rings. The van der Waals surface area contributed by atoms with Crippen molar-refractivity contribution in [2.75, 3.05) is 6.61 Å². The maximum Gasteiger partial charge on any atom is 0.183 e. The molecule has 18 heavy (non-hydrogen) atoms. The third-order valence-electron chi connectivity index (χ3n) is 2.97. The zero-order chi connectivity index (χ0) is 12.7. The van der Waals surface area contributed by atoms with Crippen molar-refractivity contribution < 1.29 is 14.3 Å². The molecule has 1 aromatic heterocycles. The summed E-state index contributed by atoms with van der Waals surface area (Å²) in [5.41, 5.74) is 1.88. The Balaban J connectivity index is 2.02. The number of halogens is 2. The van der Waals surface area contributed by atoms with E-state index in [1.807, 2.05) is 18.2 Å². The van der Waals surface area contributed by atoms with E-state index in [-0.39, 0.29) is 0 Å². The summed E-state index contributed by atoms with van der Waals surface area (Å²) < 4.78 is 12.4. The standard InChI is InChI=1S/C13H10Br2O3/c14-9-6-10(18-13(9)15)11(16)8-3-1-2-7-4-5-17-12(7)8/h1-3,6,11,16H,4-5H2. The molecule has 1 aromatic carbocycles. The predicted octanol–water partition coefficient (Wildman–Crippen LogP) is 3.82. The van der Waals surface area contributed by atoms with E-state index in [1.54, 1.807) is 6.07 Å². The molecule has 94 valence electrons. The third kappa shape index (κ3) is 2.00. The highest BCUT2D eigenvalue weighted by Crippen LogP contribution is 2.38. The highest BCUT2D eigenvalue weighted by atomic mass is 79.9. The molecule has 0 saturated carbocycles. The minimum absolute atomic E-state index is 0.484. The average molecular weight is 374 g/mol. The van der Waals surface area contributed by atoms with Crippen LogP contribution >= 0.6 is 31.9 Å². The first kappa shape index (κ1) is 12.3. The fourth-order valence-corrected chi connectivity index (χ4v) is 2.72. The number of hydrogen-bond donors (Lipinski definition) is 1. The average Bonchev–Trinajstić information content (AvgIpc) is 2.95. The molecular formula is C13H10Br2O3. The van der Waals surface area contributed by atoms with Gasteiger partial charge in [0.1, 0.15) is 17.6 Å². The maximum atomic E-state index is 10.4. The summed E-state index contributed by atoms with van der Waals surface area (Å²) in [4.78, 5) is 0. The number of aliphatic hydroxyl groups excluding tert-OH is 1. The van der Waals surface area contributed by atoms with Crippen LogP contribution in [0.5, 0.6) is 5.75 Å². The SMILES string of the molecule is OC(c1cc(Br)c(Br)o1)c1cccc2c1OCC2. The number of aliphatic hydroxyl groups is 1. The minimum Gasteiger partial charge on any atom is -0.493 e. The fraction of sp³-hybridized carbons (Fsp3) is 0.231. The van der Waals surface area contributed by atoms with Gasteiger partial charge in [0.25, 0.3) is 0 Å². The first-order chi connectivity index (χ1) is 8.66. The molecule has 3 nitrogen and oxygen atoms in total. The van der Waals surface area contributed by atoms with Crippen LogP contribution in [0.4, 0.5) is 0 Å². The number of ether oxygens (including phenoxy) is 1. The van der Waals surface area contributed by atoms with Crippen LogP contribution in [0.2, 0.25) is 0 Å². The Morgan fingerprint density at radius 3 is 2.83 bits per heavy atom. The summed E-state index contributed by atoms with van der Waals surface area (Å²) in [5.74, 6) is 1.27. The van der Waals surface area contributed by atoms with Gasteiger partial charge in [0.2, 0.25) is 0 Å². The van der Waals surface area contributed by atoms with E-state index in [0.717, 1.165) is 27.8 Å². The Morgan fingerprint density at radius 1 is 1.28 bits per heavy atom. The van der Waals surface area contributed by atoms with Gasteiger partial charge in [-0.15, -0.1) is 0 Å². The van der Waals surface area contributed by atoms with Gasteiger partial charge < -0.3 is 14.3 Å². The molecule has 0 saturated heterocycles.